The third-order valence-electron chi connectivity index (χ3n) is 3.25. The Bertz CT molecular complexity index is 147. The van der Waals surface area contributed by atoms with Gasteiger partial charge in [-0.05, 0) is 43.9 Å². The van der Waals surface area contributed by atoms with Gasteiger partial charge in [0.25, 0.3) is 0 Å². The summed E-state index contributed by atoms with van der Waals surface area (Å²) in [6, 6.07) is 0. The van der Waals surface area contributed by atoms with Gasteiger partial charge in [0.15, 0.2) is 0 Å². The van der Waals surface area contributed by atoms with Crippen molar-refractivity contribution in [2.24, 2.45) is 11.8 Å². The highest BCUT2D eigenvalue weighted by Gasteiger charge is 2.28. The van der Waals surface area contributed by atoms with E-state index in [9.17, 15) is 10.2 Å². The van der Waals surface area contributed by atoms with Crippen molar-refractivity contribution in [2.75, 3.05) is 0 Å². The molecule has 1 aliphatic carbocycles. The van der Waals surface area contributed by atoms with Gasteiger partial charge in [-0.25, -0.2) is 0 Å². The molecule has 1 saturated carbocycles. The molecule has 0 aromatic heterocycles. The van der Waals surface area contributed by atoms with Crippen molar-refractivity contribution in [2.45, 2.75) is 58.2 Å². The molecule has 0 saturated heterocycles. The van der Waals surface area contributed by atoms with Crippen molar-refractivity contribution in [1.29, 1.82) is 0 Å². The van der Waals surface area contributed by atoms with Gasteiger partial charge in [-0.3, -0.25) is 0 Å². The average molecular weight is 186 g/mol. The fourth-order valence-corrected chi connectivity index (χ4v) is 2.25. The zero-order chi connectivity index (χ0) is 9.84. The lowest BCUT2D eigenvalue weighted by atomic mass is 9.77. The minimum absolute atomic E-state index is 0.169. The Kier molecular flexibility index (Phi) is 4.20. The average Bonchev–Trinajstić information content (AvgIpc) is 2.11. The van der Waals surface area contributed by atoms with Gasteiger partial charge in [0.2, 0.25) is 0 Å². The summed E-state index contributed by atoms with van der Waals surface area (Å²) in [4.78, 5) is 0. The highest BCUT2D eigenvalue weighted by atomic mass is 16.3. The van der Waals surface area contributed by atoms with Crippen molar-refractivity contribution in [3.63, 3.8) is 0 Å². The molecule has 4 atom stereocenters. The van der Waals surface area contributed by atoms with Gasteiger partial charge in [-0.2, -0.15) is 0 Å². The summed E-state index contributed by atoms with van der Waals surface area (Å²) in [5.74, 6) is 1.05. The van der Waals surface area contributed by atoms with Crippen LogP contribution in [0.1, 0.15) is 46.0 Å². The maximum atomic E-state index is 9.72. The van der Waals surface area contributed by atoms with Crippen molar-refractivity contribution < 1.29 is 10.2 Å². The highest BCUT2D eigenvalue weighted by molar-refractivity contribution is 4.79. The Morgan fingerprint density at radius 2 is 2.08 bits per heavy atom. The topological polar surface area (TPSA) is 40.5 Å². The van der Waals surface area contributed by atoms with Crippen LogP contribution in [0.15, 0.2) is 0 Å². The molecule has 1 rings (SSSR count). The van der Waals surface area contributed by atoms with Crippen LogP contribution in [0.2, 0.25) is 0 Å². The second-order valence-electron chi connectivity index (χ2n) is 4.54. The van der Waals surface area contributed by atoms with E-state index in [0.29, 0.717) is 5.92 Å². The fourth-order valence-electron chi connectivity index (χ4n) is 2.25. The predicted octanol–water partition coefficient (Wildman–Crippen LogP) is 1.94. The lowest BCUT2D eigenvalue weighted by molar-refractivity contribution is 0.0190. The van der Waals surface area contributed by atoms with Crippen LogP contribution in [0.3, 0.4) is 0 Å². The zero-order valence-corrected chi connectivity index (χ0v) is 8.74. The fraction of sp³-hybridized carbons (Fsp3) is 1.00. The number of hydrogen-bond acceptors (Lipinski definition) is 2. The third-order valence-corrected chi connectivity index (χ3v) is 3.25. The second kappa shape index (κ2) is 4.97. The molecule has 0 amide bonds. The van der Waals surface area contributed by atoms with Crippen LogP contribution in [0, 0.1) is 11.8 Å². The van der Waals surface area contributed by atoms with E-state index in [2.05, 4.69) is 6.92 Å². The van der Waals surface area contributed by atoms with Gasteiger partial charge < -0.3 is 10.2 Å². The molecule has 13 heavy (non-hydrogen) atoms. The van der Waals surface area contributed by atoms with E-state index in [4.69, 9.17) is 0 Å². The number of aliphatic hydroxyl groups is 2. The summed E-state index contributed by atoms with van der Waals surface area (Å²) >= 11 is 0. The molecular weight excluding hydrogens is 164 g/mol. The molecule has 0 aromatic carbocycles. The molecule has 0 spiro atoms. The highest BCUT2D eigenvalue weighted by Crippen LogP contribution is 2.32. The van der Waals surface area contributed by atoms with Crippen LogP contribution in [-0.4, -0.2) is 22.4 Å². The van der Waals surface area contributed by atoms with E-state index in [0.717, 1.165) is 38.0 Å². The van der Waals surface area contributed by atoms with Crippen molar-refractivity contribution in [1.82, 2.24) is 0 Å². The van der Waals surface area contributed by atoms with Crippen molar-refractivity contribution in [3.8, 4) is 0 Å². The van der Waals surface area contributed by atoms with E-state index in [1.165, 1.54) is 0 Å². The van der Waals surface area contributed by atoms with Crippen LogP contribution in [0.5, 0.6) is 0 Å². The monoisotopic (exact) mass is 186 g/mol. The largest absolute Gasteiger partial charge is 0.393 e. The van der Waals surface area contributed by atoms with Crippen molar-refractivity contribution >= 4 is 0 Å². The lowest BCUT2D eigenvalue weighted by Gasteiger charge is -2.32. The number of aliphatic hydroxyl groups excluding tert-OH is 2. The van der Waals surface area contributed by atoms with Gasteiger partial charge in [0.1, 0.15) is 0 Å². The Balaban J connectivity index is 2.37. The van der Waals surface area contributed by atoms with E-state index >= 15 is 0 Å². The van der Waals surface area contributed by atoms with Crippen LogP contribution >= 0.6 is 0 Å². The molecular formula is C11H22O2. The quantitative estimate of drug-likeness (QED) is 0.707. The minimum atomic E-state index is -0.218. The maximum absolute atomic E-state index is 9.72. The molecule has 4 unspecified atom stereocenters. The van der Waals surface area contributed by atoms with Crippen LogP contribution in [0.4, 0.5) is 0 Å². The number of rotatable bonds is 3. The Hall–Kier alpha value is -0.0800. The van der Waals surface area contributed by atoms with Gasteiger partial charge in [0.05, 0.1) is 12.2 Å². The molecule has 0 bridgehead atoms. The molecule has 0 radical (unpaired) electrons. The zero-order valence-electron chi connectivity index (χ0n) is 8.74. The SMILES string of the molecule is CCC(O)CC1CC(C)CCC1O. The van der Waals surface area contributed by atoms with Crippen LogP contribution in [0.25, 0.3) is 0 Å². The lowest BCUT2D eigenvalue weighted by Crippen LogP contribution is -2.30. The van der Waals surface area contributed by atoms with Crippen LogP contribution in [-0.2, 0) is 0 Å². The third kappa shape index (κ3) is 3.28. The molecule has 2 heteroatoms. The molecule has 1 fully saturated rings. The molecule has 0 aliphatic heterocycles. The summed E-state index contributed by atoms with van der Waals surface area (Å²) in [5, 5.41) is 19.2. The standard InChI is InChI=1S/C11H22O2/c1-3-10(12)7-9-6-8(2)4-5-11(9)13/h8-13H,3-7H2,1-2H3. The molecule has 2 nitrogen and oxygen atoms in total. The van der Waals surface area contributed by atoms with E-state index in [1.54, 1.807) is 0 Å². The van der Waals surface area contributed by atoms with Gasteiger partial charge in [0, 0.05) is 0 Å². The first-order valence-corrected chi connectivity index (χ1v) is 5.49. The van der Waals surface area contributed by atoms with E-state index < -0.39 is 0 Å². The van der Waals surface area contributed by atoms with E-state index in [-0.39, 0.29) is 12.2 Å². The summed E-state index contributed by atoms with van der Waals surface area (Å²) < 4.78 is 0. The first kappa shape index (κ1) is 11.0. The predicted molar refractivity (Wildman–Crippen MR) is 53.4 cm³/mol. The van der Waals surface area contributed by atoms with Gasteiger partial charge in [-0.15, -0.1) is 0 Å². The first-order chi connectivity index (χ1) is 6.13. The minimum Gasteiger partial charge on any atom is -0.393 e. The summed E-state index contributed by atoms with van der Waals surface area (Å²) in [7, 11) is 0. The molecule has 0 aromatic rings. The molecule has 2 N–H and O–H groups in total. The summed E-state index contributed by atoms with van der Waals surface area (Å²) in [6.07, 6.45) is 4.34. The van der Waals surface area contributed by atoms with Gasteiger partial charge >= 0.3 is 0 Å². The summed E-state index contributed by atoms with van der Waals surface area (Å²) in [6.45, 7) is 4.22. The number of hydrogen-bond donors (Lipinski definition) is 2. The molecule has 78 valence electrons. The Labute approximate surface area is 81.0 Å². The molecule has 1 aliphatic rings. The maximum Gasteiger partial charge on any atom is 0.0569 e. The van der Waals surface area contributed by atoms with Crippen LogP contribution < -0.4 is 0 Å². The normalized spacial score (nSPS) is 37.4. The second-order valence-corrected chi connectivity index (χ2v) is 4.54. The first-order valence-electron chi connectivity index (χ1n) is 5.49. The Morgan fingerprint density at radius 1 is 1.38 bits per heavy atom. The van der Waals surface area contributed by atoms with E-state index in [1.807, 2.05) is 6.92 Å². The van der Waals surface area contributed by atoms with Crippen molar-refractivity contribution in [3.05, 3.63) is 0 Å². The summed E-state index contributed by atoms with van der Waals surface area (Å²) in [5.41, 5.74) is 0. The Morgan fingerprint density at radius 3 is 2.69 bits per heavy atom. The smallest absolute Gasteiger partial charge is 0.0569 e. The van der Waals surface area contributed by atoms with Gasteiger partial charge in [-0.1, -0.05) is 13.8 Å². The molecule has 0 heterocycles.